The van der Waals surface area contributed by atoms with Crippen molar-refractivity contribution in [1.82, 2.24) is 4.90 Å². The van der Waals surface area contributed by atoms with Crippen LogP contribution >= 0.6 is 0 Å². The average molecular weight is 299 g/mol. The highest BCUT2D eigenvalue weighted by atomic mass is 32.1. The molecule has 0 radical (unpaired) electrons. The van der Waals surface area contributed by atoms with Gasteiger partial charge in [-0.3, -0.25) is 9.59 Å². The van der Waals surface area contributed by atoms with Crippen LogP contribution < -0.4 is 0 Å². The van der Waals surface area contributed by atoms with Crippen LogP contribution in [0.25, 0.3) is 0 Å². The van der Waals surface area contributed by atoms with Crippen LogP contribution in [-0.2, 0) is 22.2 Å². The van der Waals surface area contributed by atoms with Crippen LogP contribution in [-0.4, -0.2) is 27.9 Å². The SMILES string of the molecule is C.CCCC(C)C1(CC)C(=O)N=C([S-])N(C(C)C)C1=O. The Balaban J connectivity index is 0.00000361. The Morgan fingerprint density at radius 2 is 1.80 bits per heavy atom. The van der Waals surface area contributed by atoms with Crippen LogP contribution in [0.5, 0.6) is 0 Å². The van der Waals surface area contributed by atoms with E-state index in [4.69, 9.17) is 12.6 Å². The molecule has 0 bridgehead atoms. The molecule has 0 aromatic carbocycles. The standard InChI is InChI=1S/C14H24N2O2S.CH4/c1-6-8-10(5)14(7-2)11(17)15-13(19)16(9(3)4)12(14)18;/h9-10H,6-8H2,1-5H3,(H,15,17,19);1H4/p-1. The fraction of sp³-hybridized carbons (Fsp3) is 0.800. The number of nitrogens with zero attached hydrogens (tertiary/aromatic N) is 2. The summed E-state index contributed by atoms with van der Waals surface area (Å²) >= 11 is 5.08. The minimum absolute atomic E-state index is 0. The molecule has 0 saturated heterocycles. The molecule has 2 unspecified atom stereocenters. The Morgan fingerprint density at radius 3 is 2.20 bits per heavy atom. The highest BCUT2D eigenvalue weighted by molar-refractivity contribution is 7.77. The van der Waals surface area contributed by atoms with Crippen molar-refractivity contribution >= 4 is 29.6 Å². The van der Waals surface area contributed by atoms with E-state index in [0.717, 1.165) is 12.8 Å². The van der Waals surface area contributed by atoms with Gasteiger partial charge in [-0.25, -0.2) is 4.99 Å². The van der Waals surface area contributed by atoms with E-state index in [1.54, 1.807) is 0 Å². The van der Waals surface area contributed by atoms with Crippen molar-refractivity contribution < 1.29 is 9.59 Å². The van der Waals surface area contributed by atoms with Crippen molar-refractivity contribution in [1.29, 1.82) is 0 Å². The molecule has 0 N–H and O–H groups in total. The second kappa shape index (κ2) is 7.16. The summed E-state index contributed by atoms with van der Waals surface area (Å²) in [6.45, 7) is 9.68. The highest BCUT2D eigenvalue weighted by Crippen LogP contribution is 2.40. The largest absolute Gasteiger partial charge is 0.742 e. The predicted molar refractivity (Wildman–Crippen MR) is 85.3 cm³/mol. The molecule has 5 heteroatoms. The molecule has 0 spiro atoms. The van der Waals surface area contributed by atoms with Crippen molar-refractivity contribution in [2.75, 3.05) is 0 Å². The third kappa shape index (κ3) is 2.87. The molecule has 1 aliphatic heterocycles. The minimum Gasteiger partial charge on any atom is -0.742 e. The van der Waals surface area contributed by atoms with E-state index in [0.29, 0.717) is 6.42 Å². The van der Waals surface area contributed by atoms with Crippen molar-refractivity contribution in [3.63, 3.8) is 0 Å². The number of carbonyl (C=O) groups excluding carboxylic acids is 2. The Morgan fingerprint density at radius 1 is 1.25 bits per heavy atom. The number of amidine groups is 1. The van der Waals surface area contributed by atoms with Gasteiger partial charge in [0.1, 0.15) is 5.41 Å². The van der Waals surface area contributed by atoms with Crippen molar-refractivity contribution in [2.45, 2.75) is 67.3 Å². The van der Waals surface area contributed by atoms with E-state index in [-0.39, 0.29) is 36.4 Å². The lowest BCUT2D eigenvalue weighted by atomic mass is 9.69. The van der Waals surface area contributed by atoms with Crippen molar-refractivity contribution in [3.05, 3.63) is 0 Å². The van der Waals surface area contributed by atoms with E-state index in [1.807, 2.05) is 27.7 Å². The number of rotatable bonds is 5. The quantitative estimate of drug-likeness (QED) is 0.579. The number of hydrogen-bond donors (Lipinski definition) is 0. The summed E-state index contributed by atoms with van der Waals surface area (Å²) in [4.78, 5) is 30.6. The van der Waals surface area contributed by atoms with Crippen molar-refractivity contribution in [2.24, 2.45) is 16.3 Å². The summed E-state index contributed by atoms with van der Waals surface area (Å²) in [6.07, 6.45) is 2.25. The van der Waals surface area contributed by atoms with Gasteiger partial charge in [0.25, 0.3) is 5.91 Å². The molecule has 116 valence electrons. The maximum atomic E-state index is 12.8. The van der Waals surface area contributed by atoms with E-state index >= 15 is 0 Å². The lowest BCUT2D eigenvalue weighted by molar-refractivity contribution is -0.153. The van der Waals surface area contributed by atoms with E-state index < -0.39 is 5.41 Å². The lowest BCUT2D eigenvalue weighted by Crippen LogP contribution is -2.58. The first-order chi connectivity index (χ1) is 8.82. The monoisotopic (exact) mass is 299 g/mol. The fourth-order valence-electron chi connectivity index (χ4n) is 2.84. The number of aliphatic imine (C=N–C) groups is 1. The number of hydrogen-bond acceptors (Lipinski definition) is 3. The molecule has 1 aliphatic rings. The summed E-state index contributed by atoms with van der Waals surface area (Å²) in [5, 5.41) is 0.109. The molecule has 0 aromatic rings. The van der Waals surface area contributed by atoms with Gasteiger partial charge < -0.3 is 17.5 Å². The highest BCUT2D eigenvalue weighted by Gasteiger charge is 2.52. The Labute approximate surface area is 128 Å². The second-order valence-corrected chi connectivity index (χ2v) is 5.85. The first kappa shape index (κ1) is 19.0. The van der Waals surface area contributed by atoms with Crippen LogP contribution in [0.1, 0.15) is 61.3 Å². The normalized spacial score (nSPS) is 24.5. The molecule has 2 atom stereocenters. The maximum absolute atomic E-state index is 12.8. The molecule has 2 amide bonds. The zero-order chi connectivity index (χ0) is 14.8. The molecule has 0 fully saturated rings. The fourth-order valence-corrected chi connectivity index (χ4v) is 3.22. The number of amides is 2. The van der Waals surface area contributed by atoms with Gasteiger partial charge in [-0.2, -0.15) is 0 Å². The topological polar surface area (TPSA) is 49.7 Å². The van der Waals surface area contributed by atoms with Gasteiger partial charge >= 0.3 is 0 Å². The van der Waals surface area contributed by atoms with Crippen LogP contribution in [0.2, 0.25) is 0 Å². The molecule has 20 heavy (non-hydrogen) atoms. The number of carbonyl (C=O) groups is 2. The molecule has 4 nitrogen and oxygen atoms in total. The summed E-state index contributed by atoms with van der Waals surface area (Å²) in [7, 11) is 0. The van der Waals surface area contributed by atoms with Crippen LogP contribution in [0, 0.1) is 11.3 Å². The lowest BCUT2D eigenvalue weighted by Gasteiger charge is -2.45. The molecule has 0 aliphatic carbocycles. The Kier molecular flexibility index (Phi) is 6.81. The third-order valence-corrected chi connectivity index (χ3v) is 4.31. The van der Waals surface area contributed by atoms with Gasteiger partial charge in [0.2, 0.25) is 5.91 Å². The van der Waals surface area contributed by atoms with Gasteiger partial charge in [0, 0.05) is 6.04 Å². The van der Waals surface area contributed by atoms with Gasteiger partial charge in [-0.15, -0.1) is 0 Å². The molecule has 1 heterocycles. The van der Waals surface area contributed by atoms with Crippen molar-refractivity contribution in [3.8, 4) is 0 Å². The summed E-state index contributed by atoms with van der Waals surface area (Å²) in [6, 6.07) is -0.0726. The van der Waals surface area contributed by atoms with Gasteiger partial charge in [-0.1, -0.05) is 34.6 Å². The van der Waals surface area contributed by atoms with Crippen LogP contribution in [0.3, 0.4) is 0 Å². The molecule has 0 saturated carbocycles. The molecular weight excluding hydrogens is 272 g/mol. The van der Waals surface area contributed by atoms with E-state index in [9.17, 15) is 9.59 Å². The van der Waals surface area contributed by atoms with Gasteiger partial charge in [-0.05, 0) is 37.8 Å². The van der Waals surface area contributed by atoms with Crippen LogP contribution in [0.15, 0.2) is 4.99 Å². The molecular formula is C15H27N2O2S-. The summed E-state index contributed by atoms with van der Waals surface area (Å²) in [5.41, 5.74) is -1.03. The summed E-state index contributed by atoms with van der Waals surface area (Å²) in [5.74, 6) is -0.547. The van der Waals surface area contributed by atoms with Crippen LogP contribution in [0.4, 0.5) is 0 Å². The van der Waals surface area contributed by atoms with E-state index in [1.165, 1.54) is 4.90 Å². The Hall–Kier alpha value is -0.970. The molecule has 0 aromatic heterocycles. The zero-order valence-corrected chi connectivity index (χ0v) is 13.2. The zero-order valence-electron chi connectivity index (χ0n) is 12.4. The predicted octanol–water partition coefficient (Wildman–Crippen LogP) is 3.14. The Bertz CT molecular complexity index is 407. The minimum atomic E-state index is -1.03. The van der Waals surface area contributed by atoms with Gasteiger partial charge in [0.15, 0.2) is 0 Å². The first-order valence-corrected chi connectivity index (χ1v) is 7.37. The first-order valence-electron chi connectivity index (χ1n) is 6.96. The smallest absolute Gasteiger partial charge is 0.261 e. The third-order valence-electron chi connectivity index (χ3n) is 4.02. The average Bonchev–Trinajstić information content (AvgIpc) is 2.29. The maximum Gasteiger partial charge on any atom is 0.261 e. The molecule has 1 rings (SSSR count). The summed E-state index contributed by atoms with van der Waals surface area (Å²) < 4.78 is 0. The van der Waals surface area contributed by atoms with Gasteiger partial charge in [0.05, 0.1) is 0 Å². The second-order valence-electron chi connectivity index (χ2n) is 5.48. The van der Waals surface area contributed by atoms with E-state index in [2.05, 4.69) is 11.9 Å².